The Balaban J connectivity index is 0.00000264. The fraction of sp³-hybridized carbons (Fsp3) is 0.647. The van der Waals surface area contributed by atoms with E-state index in [9.17, 15) is 8.42 Å². The van der Waals surface area contributed by atoms with Crippen molar-refractivity contribution in [1.82, 2.24) is 9.62 Å². The normalized spacial score (nSPS) is 17.7. The van der Waals surface area contributed by atoms with Crippen LogP contribution in [0.15, 0.2) is 29.2 Å². The summed E-state index contributed by atoms with van der Waals surface area (Å²) in [6, 6.07) is 7.35. The van der Waals surface area contributed by atoms with Crippen LogP contribution >= 0.6 is 12.4 Å². The van der Waals surface area contributed by atoms with Crippen LogP contribution in [-0.2, 0) is 15.4 Å². The van der Waals surface area contributed by atoms with Crippen LogP contribution in [0.5, 0.6) is 0 Å². The van der Waals surface area contributed by atoms with Gasteiger partial charge in [-0.15, -0.1) is 12.4 Å². The molecular formula is C17H29ClN2O2S. The Bertz CT molecular complexity index is 586. The zero-order valence-corrected chi connectivity index (χ0v) is 16.1. The van der Waals surface area contributed by atoms with Crippen LogP contribution in [0.2, 0.25) is 0 Å². The summed E-state index contributed by atoms with van der Waals surface area (Å²) in [6.45, 7) is 8.59. The highest BCUT2D eigenvalue weighted by Crippen LogP contribution is 2.26. The Labute approximate surface area is 147 Å². The Morgan fingerprint density at radius 3 is 2.09 bits per heavy atom. The highest BCUT2D eigenvalue weighted by Gasteiger charge is 2.29. The number of benzene rings is 1. The van der Waals surface area contributed by atoms with E-state index in [1.807, 2.05) is 19.2 Å². The standard InChI is InChI=1S/C17H28N2O2S.ClH/c1-17(2,3)15-5-7-16(8-6-15)22(20,21)19-11-9-14(10-12-19)13-18-4;/h5-8,14,18H,9-13H2,1-4H3;1H. The molecule has 1 fully saturated rings. The minimum Gasteiger partial charge on any atom is -0.319 e. The predicted octanol–water partition coefficient (Wildman–Crippen LogP) is 3.03. The Morgan fingerprint density at radius 2 is 1.65 bits per heavy atom. The third-order valence-corrected chi connectivity index (χ3v) is 6.34. The van der Waals surface area contributed by atoms with Gasteiger partial charge < -0.3 is 5.32 Å². The van der Waals surface area contributed by atoms with Gasteiger partial charge >= 0.3 is 0 Å². The van der Waals surface area contributed by atoms with Gasteiger partial charge in [-0.2, -0.15) is 4.31 Å². The second kappa shape index (κ2) is 7.97. The quantitative estimate of drug-likeness (QED) is 0.897. The van der Waals surface area contributed by atoms with Gasteiger partial charge in [0.25, 0.3) is 0 Å². The van der Waals surface area contributed by atoms with Gasteiger partial charge in [-0.1, -0.05) is 32.9 Å². The summed E-state index contributed by atoms with van der Waals surface area (Å²) >= 11 is 0. The number of hydrogen-bond acceptors (Lipinski definition) is 3. The van der Waals surface area contributed by atoms with Crippen LogP contribution < -0.4 is 5.32 Å². The molecule has 1 aliphatic heterocycles. The zero-order chi connectivity index (χ0) is 16.4. The summed E-state index contributed by atoms with van der Waals surface area (Å²) in [5.41, 5.74) is 1.19. The second-order valence-electron chi connectivity index (χ2n) is 7.18. The number of rotatable bonds is 4. The molecule has 132 valence electrons. The van der Waals surface area contributed by atoms with Crippen molar-refractivity contribution in [2.45, 2.75) is 43.9 Å². The first-order chi connectivity index (χ1) is 10.2. The summed E-state index contributed by atoms with van der Waals surface area (Å²) in [5, 5.41) is 3.18. The number of nitrogens with zero attached hydrogens (tertiary/aromatic N) is 1. The highest BCUT2D eigenvalue weighted by atomic mass is 35.5. The first-order valence-corrected chi connectivity index (χ1v) is 9.44. The van der Waals surface area contributed by atoms with Crippen LogP contribution in [0.25, 0.3) is 0 Å². The largest absolute Gasteiger partial charge is 0.319 e. The third-order valence-electron chi connectivity index (χ3n) is 4.42. The predicted molar refractivity (Wildman–Crippen MR) is 97.8 cm³/mol. The zero-order valence-electron chi connectivity index (χ0n) is 14.5. The summed E-state index contributed by atoms with van der Waals surface area (Å²) in [6.07, 6.45) is 1.86. The van der Waals surface area contributed by atoms with E-state index in [2.05, 4.69) is 26.1 Å². The van der Waals surface area contributed by atoms with E-state index in [-0.39, 0.29) is 17.8 Å². The van der Waals surface area contributed by atoms with E-state index in [1.54, 1.807) is 16.4 Å². The number of sulfonamides is 1. The van der Waals surface area contributed by atoms with Crippen LogP contribution in [-0.4, -0.2) is 39.4 Å². The first kappa shape index (κ1) is 20.4. The van der Waals surface area contributed by atoms with Gasteiger partial charge in [-0.05, 0) is 55.5 Å². The van der Waals surface area contributed by atoms with Gasteiger partial charge in [-0.3, -0.25) is 0 Å². The molecule has 0 bridgehead atoms. The van der Waals surface area contributed by atoms with Crippen molar-refractivity contribution in [2.24, 2.45) is 5.92 Å². The molecule has 1 N–H and O–H groups in total. The molecule has 4 nitrogen and oxygen atoms in total. The van der Waals surface area contributed by atoms with Crippen molar-refractivity contribution < 1.29 is 8.42 Å². The summed E-state index contributed by atoms with van der Waals surface area (Å²) < 4.78 is 27.1. The topological polar surface area (TPSA) is 49.4 Å². The molecule has 0 atom stereocenters. The molecule has 0 saturated carbocycles. The maximum Gasteiger partial charge on any atom is 0.243 e. The minimum absolute atomic E-state index is 0. The van der Waals surface area contributed by atoms with E-state index < -0.39 is 10.0 Å². The third kappa shape index (κ3) is 4.92. The molecular weight excluding hydrogens is 332 g/mol. The Hall–Kier alpha value is -0.620. The fourth-order valence-corrected chi connectivity index (χ4v) is 4.39. The highest BCUT2D eigenvalue weighted by molar-refractivity contribution is 7.89. The maximum absolute atomic E-state index is 12.7. The van der Waals surface area contributed by atoms with Gasteiger partial charge in [0.2, 0.25) is 10.0 Å². The molecule has 2 rings (SSSR count). The fourth-order valence-electron chi connectivity index (χ4n) is 2.92. The minimum atomic E-state index is -3.35. The molecule has 0 radical (unpaired) electrons. The molecule has 0 spiro atoms. The van der Waals surface area contributed by atoms with Gasteiger partial charge in [0.1, 0.15) is 0 Å². The van der Waals surface area contributed by atoms with Crippen molar-refractivity contribution in [3.63, 3.8) is 0 Å². The molecule has 0 aromatic heterocycles. The Kier molecular flexibility index (Phi) is 7.08. The Morgan fingerprint density at radius 1 is 1.13 bits per heavy atom. The number of halogens is 1. The molecule has 1 saturated heterocycles. The lowest BCUT2D eigenvalue weighted by Gasteiger charge is -2.31. The maximum atomic E-state index is 12.7. The SMILES string of the molecule is CNCC1CCN(S(=O)(=O)c2ccc(C(C)(C)C)cc2)CC1.Cl. The summed E-state index contributed by atoms with van der Waals surface area (Å²) in [4.78, 5) is 0.410. The first-order valence-electron chi connectivity index (χ1n) is 8.00. The van der Waals surface area contributed by atoms with Crippen LogP contribution in [0.4, 0.5) is 0 Å². The van der Waals surface area contributed by atoms with Crippen LogP contribution in [0.1, 0.15) is 39.2 Å². The second-order valence-corrected chi connectivity index (χ2v) is 9.12. The molecule has 0 aliphatic carbocycles. The molecule has 6 heteroatoms. The van der Waals surface area contributed by atoms with E-state index in [0.717, 1.165) is 24.9 Å². The monoisotopic (exact) mass is 360 g/mol. The lowest BCUT2D eigenvalue weighted by atomic mass is 9.87. The van der Waals surface area contributed by atoms with E-state index >= 15 is 0 Å². The summed E-state index contributed by atoms with van der Waals surface area (Å²) in [7, 11) is -1.41. The smallest absolute Gasteiger partial charge is 0.243 e. The van der Waals surface area contributed by atoms with E-state index in [4.69, 9.17) is 0 Å². The average molecular weight is 361 g/mol. The van der Waals surface area contributed by atoms with Gasteiger partial charge in [0, 0.05) is 13.1 Å². The molecule has 1 aromatic carbocycles. The van der Waals surface area contributed by atoms with Crippen molar-refractivity contribution in [3.8, 4) is 0 Å². The lowest BCUT2D eigenvalue weighted by molar-refractivity contribution is 0.270. The molecule has 0 amide bonds. The number of piperidine rings is 1. The van der Waals surface area contributed by atoms with Gasteiger partial charge in [0.15, 0.2) is 0 Å². The lowest BCUT2D eigenvalue weighted by Crippen LogP contribution is -2.40. The van der Waals surface area contributed by atoms with Gasteiger partial charge in [0.05, 0.1) is 4.90 Å². The molecule has 1 heterocycles. The van der Waals surface area contributed by atoms with Crippen LogP contribution in [0.3, 0.4) is 0 Å². The van der Waals surface area contributed by atoms with Crippen molar-refractivity contribution in [2.75, 3.05) is 26.7 Å². The molecule has 1 aliphatic rings. The van der Waals surface area contributed by atoms with Crippen molar-refractivity contribution in [3.05, 3.63) is 29.8 Å². The van der Waals surface area contributed by atoms with Gasteiger partial charge in [-0.25, -0.2) is 8.42 Å². The molecule has 1 aromatic rings. The number of hydrogen-bond donors (Lipinski definition) is 1. The number of nitrogens with one attached hydrogen (secondary N) is 1. The van der Waals surface area contributed by atoms with Crippen LogP contribution in [0, 0.1) is 5.92 Å². The van der Waals surface area contributed by atoms with Crippen molar-refractivity contribution >= 4 is 22.4 Å². The molecule has 23 heavy (non-hydrogen) atoms. The average Bonchev–Trinajstić information content (AvgIpc) is 2.47. The van der Waals surface area contributed by atoms with Crippen molar-refractivity contribution in [1.29, 1.82) is 0 Å². The molecule has 0 unspecified atom stereocenters. The van der Waals surface area contributed by atoms with E-state index in [0.29, 0.717) is 23.9 Å². The summed E-state index contributed by atoms with van der Waals surface area (Å²) in [5.74, 6) is 0.583. The van der Waals surface area contributed by atoms with E-state index in [1.165, 1.54) is 0 Å².